The third-order valence-corrected chi connectivity index (χ3v) is 4.40. The average Bonchev–Trinajstić information content (AvgIpc) is 3.08. The van der Waals surface area contributed by atoms with Crippen LogP contribution in [0.2, 0.25) is 5.02 Å². The summed E-state index contributed by atoms with van der Waals surface area (Å²) in [6.07, 6.45) is 1.52. The number of carbonyl (C=O) groups excluding carboxylic acids is 1. The van der Waals surface area contributed by atoms with E-state index in [-0.39, 0.29) is 0 Å². The molecule has 2 aromatic heterocycles. The first-order valence-electron chi connectivity index (χ1n) is 8.54. The Labute approximate surface area is 161 Å². The molecule has 0 amide bonds. The largest absolute Gasteiger partial charge is 0.462 e. The van der Waals surface area contributed by atoms with Gasteiger partial charge in [0.25, 0.3) is 0 Å². The van der Waals surface area contributed by atoms with Crippen LogP contribution in [0.4, 0.5) is 0 Å². The van der Waals surface area contributed by atoms with Gasteiger partial charge in [-0.25, -0.2) is 14.5 Å². The molecule has 27 heavy (non-hydrogen) atoms. The van der Waals surface area contributed by atoms with Gasteiger partial charge in [-0.2, -0.15) is 5.10 Å². The lowest BCUT2D eigenvalue weighted by atomic mass is 10.1. The molecule has 4 aromatic rings. The molecule has 2 heterocycles. The number of hydrogen-bond acceptors (Lipinski definition) is 4. The van der Waals surface area contributed by atoms with Gasteiger partial charge in [0.1, 0.15) is 5.69 Å². The van der Waals surface area contributed by atoms with Gasteiger partial charge < -0.3 is 4.74 Å². The number of nitrogens with zero attached hydrogens (tertiary/aromatic N) is 3. The maximum absolute atomic E-state index is 12.2. The van der Waals surface area contributed by atoms with Crippen molar-refractivity contribution in [3.8, 4) is 16.9 Å². The zero-order valence-corrected chi connectivity index (χ0v) is 15.3. The molecule has 5 nitrogen and oxygen atoms in total. The Balaban J connectivity index is 1.95. The minimum absolute atomic E-state index is 0.310. The van der Waals surface area contributed by atoms with E-state index in [0.717, 1.165) is 22.3 Å². The maximum atomic E-state index is 12.2. The number of fused-ring (bicyclic) bond motifs is 1. The summed E-state index contributed by atoms with van der Waals surface area (Å²) in [5.41, 5.74) is 3.57. The van der Waals surface area contributed by atoms with Crippen molar-refractivity contribution in [2.45, 2.75) is 6.92 Å². The van der Waals surface area contributed by atoms with E-state index in [1.807, 2.05) is 54.6 Å². The van der Waals surface area contributed by atoms with Gasteiger partial charge in [-0.3, -0.25) is 0 Å². The zero-order chi connectivity index (χ0) is 18.8. The number of halogens is 1. The normalized spacial score (nSPS) is 10.9. The van der Waals surface area contributed by atoms with E-state index < -0.39 is 5.97 Å². The lowest BCUT2D eigenvalue weighted by Crippen LogP contribution is -2.05. The Morgan fingerprint density at radius 1 is 1.11 bits per heavy atom. The van der Waals surface area contributed by atoms with Gasteiger partial charge in [-0.15, -0.1) is 0 Å². The van der Waals surface area contributed by atoms with Gasteiger partial charge >= 0.3 is 5.97 Å². The summed E-state index contributed by atoms with van der Waals surface area (Å²) in [7, 11) is 0. The van der Waals surface area contributed by atoms with Crippen LogP contribution in [-0.4, -0.2) is 27.3 Å². The van der Waals surface area contributed by atoms with Gasteiger partial charge in [0.15, 0.2) is 5.65 Å². The van der Waals surface area contributed by atoms with E-state index in [1.54, 1.807) is 17.7 Å². The van der Waals surface area contributed by atoms with Crippen molar-refractivity contribution in [1.29, 1.82) is 0 Å². The standard InChI is InChI=1S/C21H16ClN3O2/c1-2-27-21(26)15-12-18-19(14-8-10-16(22)11-9-14)24-25(20(18)23-13-15)17-6-4-3-5-7-17/h3-13H,2H2,1H3. The smallest absolute Gasteiger partial charge is 0.339 e. The Morgan fingerprint density at radius 3 is 2.56 bits per heavy atom. The van der Waals surface area contributed by atoms with Crippen LogP contribution in [0.1, 0.15) is 17.3 Å². The summed E-state index contributed by atoms with van der Waals surface area (Å²) in [5.74, 6) is -0.401. The number of para-hydroxylation sites is 1. The lowest BCUT2D eigenvalue weighted by molar-refractivity contribution is 0.0526. The van der Waals surface area contributed by atoms with E-state index in [2.05, 4.69) is 4.98 Å². The maximum Gasteiger partial charge on any atom is 0.339 e. The predicted octanol–water partition coefficient (Wildman–Crippen LogP) is 4.92. The zero-order valence-electron chi connectivity index (χ0n) is 14.6. The van der Waals surface area contributed by atoms with E-state index in [1.165, 1.54) is 6.20 Å². The second kappa shape index (κ2) is 7.21. The van der Waals surface area contributed by atoms with Crippen LogP contribution < -0.4 is 0 Å². The number of benzene rings is 2. The molecule has 0 saturated heterocycles. The molecule has 0 aliphatic heterocycles. The van der Waals surface area contributed by atoms with Gasteiger partial charge in [-0.05, 0) is 37.3 Å². The Kier molecular flexibility index (Phi) is 4.60. The van der Waals surface area contributed by atoms with E-state index in [0.29, 0.717) is 22.8 Å². The number of aromatic nitrogens is 3. The van der Waals surface area contributed by atoms with Gasteiger partial charge in [0, 0.05) is 22.2 Å². The molecule has 0 unspecified atom stereocenters. The Morgan fingerprint density at radius 2 is 1.85 bits per heavy atom. The fraction of sp³-hybridized carbons (Fsp3) is 0.0952. The van der Waals surface area contributed by atoms with Crippen LogP contribution in [0.15, 0.2) is 66.9 Å². The van der Waals surface area contributed by atoms with E-state index >= 15 is 0 Å². The molecule has 0 radical (unpaired) electrons. The van der Waals surface area contributed by atoms with Gasteiger partial charge in [0.05, 0.1) is 17.9 Å². The SMILES string of the molecule is CCOC(=O)c1cnc2c(c1)c(-c1ccc(Cl)cc1)nn2-c1ccccc1. The highest BCUT2D eigenvalue weighted by atomic mass is 35.5. The number of rotatable bonds is 4. The third kappa shape index (κ3) is 3.29. The third-order valence-electron chi connectivity index (χ3n) is 4.15. The van der Waals surface area contributed by atoms with Crippen molar-refractivity contribution >= 4 is 28.6 Å². The molecule has 0 aliphatic rings. The highest BCUT2D eigenvalue weighted by Gasteiger charge is 2.18. The molecule has 6 heteroatoms. The first-order valence-corrected chi connectivity index (χ1v) is 8.92. The summed E-state index contributed by atoms with van der Waals surface area (Å²) < 4.78 is 6.88. The lowest BCUT2D eigenvalue weighted by Gasteiger charge is -2.03. The summed E-state index contributed by atoms with van der Waals surface area (Å²) in [4.78, 5) is 16.6. The highest BCUT2D eigenvalue weighted by Crippen LogP contribution is 2.30. The van der Waals surface area contributed by atoms with Crippen LogP contribution in [0.3, 0.4) is 0 Å². The molecule has 0 saturated carbocycles. The highest BCUT2D eigenvalue weighted by molar-refractivity contribution is 6.30. The fourth-order valence-electron chi connectivity index (χ4n) is 2.90. The minimum atomic E-state index is -0.401. The second-order valence-corrected chi connectivity index (χ2v) is 6.35. The van der Waals surface area contributed by atoms with Gasteiger partial charge in [-0.1, -0.05) is 41.9 Å². The van der Waals surface area contributed by atoms with Crippen molar-refractivity contribution in [1.82, 2.24) is 14.8 Å². The van der Waals surface area contributed by atoms with Crippen LogP contribution in [-0.2, 0) is 4.74 Å². The summed E-state index contributed by atoms with van der Waals surface area (Å²) >= 11 is 6.02. The predicted molar refractivity (Wildman–Crippen MR) is 105 cm³/mol. The van der Waals surface area contributed by atoms with E-state index in [9.17, 15) is 4.79 Å². The van der Waals surface area contributed by atoms with Crippen molar-refractivity contribution in [3.05, 3.63) is 77.4 Å². The summed E-state index contributed by atoms with van der Waals surface area (Å²) in [6, 6.07) is 18.9. The summed E-state index contributed by atoms with van der Waals surface area (Å²) in [6.45, 7) is 2.08. The quantitative estimate of drug-likeness (QED) is 0.474. The molecule has 0 spiro atoms. The number of pyridine rings is 1. The van der Waals surface area contributed by atoms with Crippen LogP contribution in [0.25, 0.3) is 28.0 Å². The average molecular weight is 378 g/mol. The van der Waals surface area contributed by atoms with Crippen molar-refractivity contribution in [2.24, 2.45) is 0 Å². The molecule has 0 N–H and O–H groups in total. The van der Waals surface area contributed by atoms with Crippen molar-refractivity contribution in [3.63, 3.8) is 0 Å². The van der Waals surface area contributed by atoms with Crippen LogP contribution >= 0.6 is 11.6 Å². The Hall–Kier alpha value is -3.18. The molecular weight excluding hydrogens is 362 g/mol. The molecule has 134 valence electrons. The topological polar surface area (TPSA) is 57.0 Å². The van der Waals surface area contributed by atoms with Crippen LogP contribution in [0, 0.1) is 0 Å². The first-order chi connectivity index (χ1) is 13.2. The van der Waals surface area contributed by atoms with Crippen molar-refractivity contribution < 1.29 is 9.53 Å². The molecule has 0 fully saturated rings. The Bertz CT molecular complexity index is 1110. The molecule has 0 aliphatic carbocycles. The molecule has 2 aromatic carbocycles. The minimum Gasteiger partial charge on any atom is -0.462 e. The van der Waals surface area contributed by atoms with Crippen molar-refractivity contribution in [2.75, 3.05) is 6.61 Å². The fourth-order valence-corrected chi connectivity index (χ4v) is 3.02. The number of ether oxygens (including phenoxy) is 1. The van der Waals surface area contributed by atoms with Gasteiger partial charge in [0.2, 0.25) is 0 Å². The van der Waals surface area contributed by atoms with E-state index in [4.69, 9.17) is 21.4 Å². The molecule has 0 atom stereocenters. The monoisotopic (exact) mass is 377 g/mol. The molecule has 4 rings (SSSR count). The number of carbonyl (C=O) groups is 1. The first kappa shape index (κ1) is 17.2. The number of hydrogen-bond donors (Lipinski definition) is 0. The second-order valence-electron chi connectivity index (χ2n) is 5.92. The summed E-state index contributed by atoms with van der Waals surface area (Å²) in [5, 5.41) is 6.18. The van der Waals surface area contributed by atoms with Crippen LogP contribution in [0.5, 0.6) is 0 Å². The molecule has 0 bridgehead atoms. The number of esters is 1. The molecular formula is C21H16ClN3O2.